The van der Waals surface area contributed by atoms with Crippen LogP contribution in [0.5, 0.6) is 11.5 Å². The summed E-state index contributed by atoms with van der Waals surface area (Å²) in [6.45, 7) is 3.23. The minimum Gasteiger partial charge on any atom is -0.598 e. The largest absolute Gasteiger partial charge is 0.598 e. The van der Waals surface area contributed by atoms with Gasteiger partial charge in [0.25, 0.3) is 6.04 Å². The zero-order valence-electron chi connectivity index (χ0n) is 20.3. The van der Waals surface area contributed by atoms with Gasteiger partial charge in [0.1, 0.15) is 11.5 Å². The molecule has 2 N–H and O–H groups in total. The summed E-state index contributed by atoms with van der Waals surface area (Å²) in [5.74, 6) is -0.870. The third kappa shape index (κ3) is 10.9. The second kappa shape index (κ2) is 14.4. The highest BCUT2D eigenvalue weighted by Crippen LogP contribution is 2.16. The molecule has 2 aromatic carbocycles. The lowest BCUT2D eigenvalue weighted by molar-refractivity contribution is -1.05. The number of hydrogen-bond donors (Lipinski definition) is 2. The summed E-state index contributed by atoms with van der Waals surface area (Å²) in [7, 11) is 0.709. The number of carboxylic acids is 1. The van der Waals surface area contributed by atoms with Crippen molar-refractivity contribution in [1.82, 2.24) is 0 Å². The molecule has 9 heteroatoms. The highest BCUT2D eigenvalue weighted by Gasteiger charge is 2.39. The summed E-state index contributed by atoms with van der Waals surface area (Å²) in [5, 5.41) is 29.9. The van der Waals surface area contributed by atoms with Gasteiger partial charge < -0.3 is 24.5 Å². The van der Waals surface area contributed by atoms with Crippen molar-refractivity contribution < 1.29 is 38.9 Å². The van der Waals surface area contributed by atoms with Gasteiger partial charge in [-0.25, -0.2) is 10.0 Å². The number of likely N-dealkylation sites (N-methyl/N-ethyl adjacent to an activating group) is 1. The molecule has 0 fully saturated rings. The number of para-hydroxylation sites is 1. The Balaban J connectivity index is 1.63. The number of carbonyl (C=O) groups is 2. The number of carbonyl (C=O) groups excluding carboxylic acids is 1. The number of hydroxylamine groups is 4. The lowest BCUT2D eigenvalue weighted by atomic mass is 10.1. The van der Waals surface area contributed by atoms with Gasteiger partial charge in [0.05, 0.1) is 26.4 Å². The molecule has 2 rings (SSSR count). The second-order valence-corrected chi connectivity index (χ2v) is 8.50. The number of ketones is 1. The molecule has 0 radical (unpaired) electrons. The Morgan fingerprint density at radius 3 is 2.20 bits per heavy atom. The number of carboxylic acid groups (broad SMARTS) is 1. The van der Waals surface area contributed by atoms with E-state index in [4.69, 9.17) is 19.3 Å². The van der Waals surface area contributed by atoms with E-state index in [9.17, 15) is 20.0 Å². The molecular weight excluding hydrogens is 454 g/mol. The topological polar surface area (TPSA) is 125 Å². The van der Waals surface area contributed by atoms with Crippen LogP contribution >= 0.6 is 0 Å². The third-order valence-corrected chi connectivity index (χ3v) is 5.24. The van der Waals surface area contributed by atoms with Crippen LogP contribution in [-0.2, 0) is 20.7 Å². The van der Waals surface area contributed by atoms with Gasteiger partial charge >= 0.3 is 5.97 Å². The standard InChI is InChI=1S/C26H35NO8/c1-20(18-24(28)25(26(29)30)27(2,31)32)33-17-9-11-21-10-8-14-23(19-21)35-16-7-6-15-34-22-12-4-3-5-13-22/h3-5,8,10,12-14,19-20,25,31H,6-7,9,11,15-18H2,1-2H3,(H,29,30). The van der Waals surface area contributed by atoms with Gasteiger partial charge in [-0.2, -0.15) is 4.81 Å². The molecule has 0 saturated carbocycles. The minimum absolute atomic E-state index is 0.271. The van der Waals surface area contributed by atoms with Gasteiger partial charge in [0.15, 0.2) is 0 Å². The monoisotopic (exact) mass is 489 g/mol. The van der Waals surface area contributed by atoms with Crippen LogP contribution in [0.4, 0.5) is 0 Å². The number of nitrogens with zero attached hydrogens (tertiary/aromatic N) is 1. The SMILES string of the molecule is CC(CC(=O)C(C(=O)O)[N+](C)([O-])O)OCCCc1cccc(OCCCCOc2ccccc2)c1. The third-order valence-electron chi connectivity index (χ3n) is 5.24. The molecule has 3 atom stereocenters. The normalized spacial score (nSPS) is 14.5. The van der Waals surface area contributed by atoms with Crippen molar-refractivity contribution in [1.29, 1.82) is 0 Å². The number of aryl methyl sites for hydroxylation is 1. The zero-order valence-corrected chi connectivity index (χ0v) is 20.3. The number of quaternary nitrogens is 1. The summed E-state index contributed by atoms with van der Waals surface area (Å²) >= 11 is 0. The van der Waals surface area contributed by atoms with E-state index in [2.05, 4.69) is 0 Å². The lowest BCUT2D eigenvalue weighted by Crippen LogP contribution is -2.54. The summed E-state index contributed by atoms with van der Waals surface area (Å²) in [6.07, 6.45) is 2.36. The fourth-order valence-corrected chi connectivity index (χ4v) is 3.52. The van der Waals surface area contributed by atoms with Crippen molar-refractivity contribution >= 4 is 11.8 Å². The summed E-state index contributed by atoms with van der Waals surface area (Å²) < 4.78 is 17.1. The van der Waals surface area contributed by atoms with Crippen LogP contribution in [0.1, 0.15) is 38.2 Å². The first-order chi connectivity index (χ1) is 16.7. The molecule has 0 amide bonds. The lowest BCUT2D eigenvalue weighted by Gasteiger charge is -2.33. The van der Waals surface area contributed by atoms with Gasteiger partial charge in [-0.1, -0.05) is 30.3 Å². The first kappa shape index (κ1) is 28.3. The van der Waals surface area contributed by atoms with Crippen LogP contribution in [0.15, 0.2) is 54.6 Å². The number of unbranched alkanes of at least 4 members (excludes halogenated alkanes) is 1. The molecule has 35 heavy (non-hydrogen) atoms. The summed E-state index contributed by atoms with van der Waals surface area (Å²) in [5.41, 5.74) is 1.09. The highest BCUT2D eigenvalue weighted by atomic mass is 16.8. The Labute approximate surface area is 206 Å². The van der Waals surface area contributed by atoms with Crippen LogP contribution in [-0.4, -0.2) is 65.9 Å². The Kier molecular flexibility index (Phi) is 11.6. The number of benzene rings is 2. The minimum atomic E-state index is -2.19. The number of Topliss-reactive ketones (excluding diaryl/α,β-unsaturated/α-hetero) is 1. The second-order valence-electron chi connectivity index (χ2n) is 8.50. The van der Waals surface area contributed by atoms with E-state index < -0.39 is 28.7 Å². The van der Waals surface area contributed by atoms with Crippen LogP contribution < -0.4 is 9.47 Å². The van der Waals surface area contributed by atoms with E-state index in [1.165, 1.54) is 0 Å². The molecule has 0 aliphatic carbocycles. The summed E-state index contributed by atoms with van der Waals surface area (Å²) in [4.78, 5) is 21.0. The van der Waals surface area contributed by atoms with Crippen LogP contribution in [0.2, 0.25) is 0 Å². The van der Waals surface area contributed by atoms with Crippen molar-refractivity contribution in [2.75, 3.05) is 26.9 Å². The predicted molar refractivity (Wildman–Crippen MR) is 129 cm³/mol. The first-order valence-corrected chi connectivity index (χ1v) is 11.7. The number of aliphatic carboxylic acids is 1. The van der Waals surface area contributed by atoms with E-state index in [1.54, 1.807) is 6.92 Å². The molecule has 0 bridgehead atoms. The smallest absolute Gasteiger partial charge is 0.374 e. The maximum absolute atomic E-state index is 12.1. The molecule has 9 nitrogen and oxygen atoms in total. The number of ether oxygens (including phenoxy) is 3. The van der Waals surface area contributed by atoms with E-state index in [-0.39, 0.29) is 6.42 Å². The zero-order chi connectivity index (χ0) is 25.7. The van der Waals surface area contributed by atoms with Gasteiger partial charge in [0, 0.05) is 13.0 Å². The molecule has 0 aliphatic heterocycles. The van der Waals surface area contributed by atoms with Crippen LogP contribution in [0.3, 0.4) is 0 Å². The van der Waals surface area contributed by atoms with Crippen molar-refractivity contribution in [2.24, 2.45) is 0 Å². The molecular formula is C26H35NO8. The van der Waals surface area contributed by atoms with E-state index >= 15 is 0 Å². The maximum atomic E-state index is 12.1. The van der Waals surface area contributed by atoms with Gasteiger partial charge in [-0.15, -0.1) is 0 Å². The van der Waals surface area contributed by atoms with Gasteiger partial charge in [-0.05, 0) is 62.4 Å². The molecule has 0 aliphatic rings. The van der Waals surface area contributed by atoms with Crippen molar-refractivity contribution in [3.63, 3.8) is 0 Å². The highest BCUT2D eigenvalue weighted by molar-refractivity contribution is 6.01. The van der Waals surface area contributed by atoms with E-state index in [0.717, 1.165) is 36.3 Å². The fourth-order valence-electron chi connectivity index (χ4n) is 3.52. The average Bonchev–Trinajstić information content (AvgIpc) is 2.78. The van der Waals surface area contributed by atoms with Crippen LogP contribution in [0.25, 0.3) is 0 Å². The maximum Gasteiger partial charge on any atom is 0.374 e. The molecule has 0 heterocycles. The summed E-state index contributed by atoms with van der Waals surface area (Å²) in [6, 6.07) is 15.5. The molecule has 192 valence electrons. The Morgan fingerprint density at radius 1 is 0.943 bits per heavy atom. The Bertz CT molecular complexity index is 913. The molecule has 0 spiro atoms. The van der Waals surface area contributed by atoms with Gasteiger partial charge in [0.2, 0.25) is 5.78 Å². The molecule has 3 unspecified atom stereocenters. The molecule has 0 aromatic heterocycles. The van der Waals surface area contributed by atoms with Gasteiger partial charge in [-0.3, -0.25) is 4.79 Å². The van der Waals surface area contributed by atoms with Crippen molar-refractivity contribution in [3.05, 3.63) is 65.4 Å². The van der Waals surface area contributed by atoms with E-state index in [0.29, 0.717) is 33.3 Å². The fraction of sp³-hybridized carbons (Fsp3) is 0.462. The van der Waals surface area contributed by atoms with E-state index in [1.807, 2.05) is 54.6 Å². The first-order valence-electron chi connectivity index (χ1n) is 11.7. The van der Waals surface area contributed by atoms with Crippen molar-refractivity contribution in [3.8, 4) is 11.5 Å². The Morgan fingerprint density at radius 2 is 1.57 bits per heavy atom. The molecule has 2 aromatic rings. The molecule has 0 saturated heterocycles. The average molecular weight is 490 g/mol. The number of rotatable bonds is 17. The number of hydrogen-bond acceptors (Lipinski definition) is 7. The van der Waals surface area contributed by atoms with Crippen LogP contribution in [0, 0.1) is 5.21 Å². The van der Waals surface area contributed by atoms with Crippen molar-refractivity contribution in [2.45, 2.75) is 51.2 Å². The predicted octanol–water partition coefficient (Wildman–Crippen LogP) is 4.01. The quantitative estimate of drug-likeness (QED) is 0.148. The Hall–Kier alpha value is -2.98.